The Hall–Kier alpha value is -1.32. The number of fused-ring (bicyclic) bond motifs is 1. The summed E-state index contributed by atoms with van der Waals surface area (Å²) in [6, 6.07) is 0.339. The molecule has 1 saturated carbocycles. The van der Waals surface area contributed by atoms with Crippen LogP contribution in [0.25, 0.3) is 0 Å². The van der Waals surface area contributed by atoms with Crippen LogP contribution in [0.4, 0.5) is 0 Å². The lowest BCUT2D eigenvalue weighted by atomic mass is 9.78. The standard InChI is InChI=1S/C17H27N3O/c1-12-6-5-9-15(13(12)2)18-17(21)11-20-10-14-7-3-4-8-16(14)19-20/h10,12-13,15H,3-9,11H2,1-2H3,(H,18,21). The van der Waals surface area contributed by atoms with Gasteiger partial charge in [-0.05, 0) is 49.5 Å². The lowest BCUT2D eigenvalue weighted by Crippen LogP contribution is -2.44. The minimum Gasteiger partial charge on any atom is -0.351 e. The molecule has 4 nitrogen and oxygen atoms in total. The average molecular weight is 289 g/mol. The highest BCUT2D eigenvalue weighted by Crippen LogP contribution is 2.29. The van der Waals surface area contributed by atoms with Crippen LogP contribution in [0.2, 0.25) is 0 Å². The van der Waals surface area contributed by atoms with E-state index in [1.165, 1.54) is 36.9 Å². The third kappa shape index (κ3) is 3.30. The van der Waals surface area contributed by atoms with Crippen molar-refractivity contribution in [1.82, 2.24) is 15.1 Å². The minimum absolute atomic E-state index is 0.112. The van der Waals surface area contributed by atoms with E-state index in [2.05, 4.69) is 30.5 Å². The summed E-state index contributed by atoms with van der Waals surface area (Å²) in [5.41, 5.74) is 2.54. The van der Waals surface area contributed by atoms with Gasteiger partial charge in [0, 0.05) is 12.2 Å². The molecule has 2 aliphatic rings. The van der Waals surface area contributed by atoms with Crippen LogP contribution < -0.4 is 5.32 Å². The molecule has 0 spiro atoms. The fourth-order valence-electron chi connectivity index (χ4n) is 3.80. The van der Waals surface area contributed by atoms with E-state index in [4.69, 9.17) is 0 Å². The predicted molar refractivity (Wildman–Crippen MR) is 83.0 cm³/mol. The van der Waals surface area contributed by atoms with Crippen LogP contribution in [-0.4, -0.2) is 21.7 Å². The first-order chi connectivity index (χ1) is 10.1. The van der Waals surface area contributed by atoms with Crippen molar-refractivity contribution in [1.29, 1.82) is 0 Å². The number of aryl methyl sites for hydroxylation is 2. The Balaban J connectivity index is 1.57. The van der Waals surface area contributed by atoms with Crippen molar-refractivity contribution in [3.63, 3.8) is 0 Å². The average Bonchev–Trinajstić information content (AvgIpc) is 2.86. The van der Waals surface area contributed by atoms with E-state index in [1.807, 2.05) is 4.68 Å². The number of carbonyl (C=O) groups is 1. The zero-order valence-corrected chi connectivity index (χ0v) is 13.3. The molecular formula is C17H27N3O. The van der Waals surface area contributed by atoms with Gasteiger partial charge in [-0.25, -0.2) is 0 Å². The molecule has 1 amide bonds. The van der Waals surface area contributed by atoms with Crippen molar-refractivity contribution in [2.45, 2.75) is 71.4 Å². The normalized spacial score (nSPS) is 29.0. The maximum atomic E-state index is 12.3. The van der Waals surface area contributed by atoms with Crippen LogP contribution in [0, 0.1) is 11.8 Å². The molecule has 1 aromatic rings. The monoisotopic (exact) mass is 289 g/mol. The Morgan fingerprint density at radius 3 is 2.90 bits per heavy atom. The summed E-state index contributed by atoms with van der Waals surface area (Å²) < 4.78 is 1.84. The van der Waals surface area contributed by atoms with E-state index < -0.39 is 0 Å². The third-order valence-electron chi connectivity index (χ3n) is 5.39. The molecule has 21 heavy (non-hydrogen) atoms. The maximum absolute atomic E-state index is 12.3. The summed E-state index contributed by atoms with van der Waals surface area (Å²) in [7, 11) is 0. The fraction of sp³-hybridized carbons (Fsp3) is 0.765. The second-order valence-corrected chi connectivity index (χ2v) is 6.95. The highest BCUT2D eigenvalue weighted by Gasteiger charge is 2.28. The van der Waals surface area contributed by atoms with Crippen molar-refractivity contribution in [3.8, 4) is 0 Å². The largest absolute Gasteiger partial charge is 0.351 e. The third-order valence-corrected chi connectivity index (χ3v) is 5.39. The molecule has 0 radical (unpaired) electrons. The number of nitrogens with zero attached hydrogens (tertiary/aromatic N) is 2. The van der Waals surface area contributed by atoms with Gasteiger partial charge in [0.15, 0.2) is 0 Å². The molecule has 3 rings (SSSR count). The Kier molecular flexibility index (Phi) is 4.32. The summed E-state index contributed by atoms with van der Waals surface area (Å²) in [5, 5.41) is 7.80. The number of hydrogen-bond donors (Lipinski definition) is 1. The molecule has 0 aliphatic heterocycles. The van der Waals surface area contributed by atoms with E-state index in [0.717, 1.165) is 19.3 Å². The van der Waals surface area contributed by atoms with Crippen molar-refractivity contribution in [2.75, 3.05) is 0 Å². The first-order valence-electron chi connectivity index (χ1n) is 8.48. The number of carbonyl (C=O) groups excluding carboxylic acids is 1. The topological polar surface area (TPSA) is 46.9 Å². The Morgan fingerprint density at radius 1 is 1.29 bits per heavy atom. The van der Waals surface area contributed by atoms with Gasteiger partial charge in [0.2, 0.25) is 5.91 Å². The Bertz CT molecular complexity index is 485. The highest BCUT2D eigenvalue weighted by molar-refractivity contribution is 5.76. The molecule has 2 aliphatic carbocycles. The quantitative estimate of drug-likeness (QED) is 0.930. The number of aromatic nitrogens is 2. The molecule has 1 aromatic heterocycles. The zero-order chi connectivity index (χ0) is 14.8. The van der Waals surface area contributed by atoms with E-state index in [1.54, 1.807) is 0 Å². The van der Waals surface area contributed by atoms with E-state index in [9.17, 15) is 4.79 Å². The van der Waals surface area contributed by atoms with Gasteiger partial charge >= 0.3 is 0 Å². The lowest BCUT2D eigenvalue weighted by Gasteiger charge is -2.34. The maximum Gasteiger partial charge on any atom is 0.241 e. The van der Waals surface area contributed by atoms with Gasteiger partial charge in [0.1, 0.15) is 6.54 Å². The molecule has 0 aromatic carbocycles. The van der Waals surface area contributed by atoms with Crippen molar-refractivity contribution < 1.29 is 4.79 Å². The zero-order valence-electron chi connectivity index (χ0n) is 13.3. The molecule has 1 N–H and O–H groups in total. The van der Waals surface area contributed by atoms with Crippen LogP contribution >= 0.6 is 0 Å². The van der Waals surface area contributed by atoms with Crippen LogP contribution in [-0.2, 0) is 24.2 Å². The Morgan fingerprint density at radius 2 is 2.10 bits per heavy atom. The fourth-order valence-corrected chi connectivity index (χ4v) is 3.80. The van der Waals surface area contributed by atoms with Crippen molar-refractivity contribution >= 4 is 5.91 Å². The molecule has 4 heteroatoms. The second-order valence-electron chi connectivity index (χ2n) is 6.95. The van der Waals surface area contributed by atoms with Crippen LogP contribution in [0.15, 0.2) is 6.20 Å². The Labute approximate surface area is 127 Å². The van der Waals surface area contributed by atoms with Crippen LogP contribution in [0.3, 0.4) is 0 Å². The summed E-state index contributed by atoms with van der Waals surface area (Å²) in [4.78, 5) is 12.3. The molecule has 0 saturated heterocycles. The van der Waals surface area contributed by atoms with Gasteiger partial charge in [-0.3, -0.25) is 9.48 Å². The van der Waals surface area contributed by atoms with Gasteiger partial charge in [-0.1, -0.05) is 26.7 Å². The highest BCUT2D eigenvalue weighted by atomic mass is 16.2. The van der Waals surface area contributed by atoms with Crippen molar-refractivity contribution in [2.24, 2.45) is 11.8 Å². The van der Waals surface area contributed by atoms with Gasteiger partial charge in [0.25, 0.3) is 0 Å². The smallest absolute Gasteiger partial charge is 0.241 e. The lowest BCUT2D eigenvalue weighted by molar-refractivity contribution is -0.123. The molecule has 116 valence electrons. The number of rotatable bonds is 3. The van der Waals surface area contributed by atoms with Gasteiger partial charge in [-0.2, -0.15) is 5.10 Å². The molecular weight excluding hydrogens is 262 g/mol. The summed E-state index contributed by atoms with van der Waals surface area (Å²) in [5.74, 6) is 1.40. The van der Waals surface area contributed by atoms with Gasteiger partial charge in [-0.15, -0.1) is 0 Å². The summed E-state index contributed by atoms with van der Waals surface area (Å²) >= 11 is 0. The SMILES string of the molecule is CC1CCCC(NC(=O)Cn2cc3c(n2)CCCC3)C1C. The summed E-state index contributed by atoms with van der Waals surface area (Å²) in [6.45, 7) is 4.93. The first-order valence-corrected chi connectivity index (χ1v) is 8.48. The number of amides is 1. The second kappa shape index (κ2) is 6.20. The van der Waals surface area contributed by atoms with E-state index in [-0.39, 0.29) is 5.91 Å². The molecule has 0 bridgehead atoms. The van der Waals surface area contributed by atoms with Crippen molar-refractivity contribution in [3.05, 3.63) is 17.5 Å². The molecule has 3 unspecified atom stereocenters. The van der Waals surface area contributed by atoms with E-state index in [0.29, 0.717) is 24.4 Å². The number of hydrogen-bond acceptors (Lipinski definition) is 2. The van der Waals surface area contributed by atoms with Gasteiger partial charge in [0.05, 0.1) is 5.69 Å². The van der Waals surface area contributed by atoms with E-state index >= 15 is 0 Å². The molecule has 1 fully saturated rings. The minimum atomic E-state index is 0.112. The van der Waals surface area contributed by atoms with Crippen LogP contribution in [0.1, 0.15) is 57.2 Å². The molecule has 3 atom stereocenters. The van der Waals surface area contributed by atoms with Gasteiger partial charge < -0.3 is 5.32 Å². The molecule has 1 heterocycles. The van der Waals surface area contributed by atoms with Crippen LogP contribution in [0.5, 0.6) is 0 Å². The number of nitrogens with one attached hydrogen (secondary N) is 1. The first kappa shape index (κ1) is 14.6. The summed E-state index contributed by atoms with van der Waals surface area (Å²) in [6.07, 6.45) is 10.4. The predicted octanol–water partition coefficient (Wildman–Crippen LogP) is 2.70.